The Morgan fingerprint density at radius 1 is 1.29 bits per heavy atom. The summed E-state index contributed by atoms with van der Waals surface area (Å²) in [4.78, 5) is 24.0. The van der Waals surface area contributed by atoms with Gasteiger partial charge in [0.2, 0.25) is 5.82 Å². The second kappa shape index (κ2) is 4.64. The van der Waals surface area contributed by atoms with Crippen LogP contribution in [0.2, 0.25) is 0 Å². The number of aromatic amines is 2. The molecular formula is C4H3FN2O6S-2. The zero-order valence-electron chi connectivity index (χ0n) is 6.31. The Balaban J connectivity index is 0.000000292. The largest absolute Gasteiger partial charge is 0.759 e. The highest BCUT2D eigenvalue weighted by Gasteiger charge is 1.93. The van der Waals surface area contributed by atoms with Gasteiger partial charge in [0.1, 0.15) is 0 Å². The molecule has 0 aliphatic carbocycles. The number of H-pyrrole nitrogens is 2. The van der Waals surface area contributed by atoms with Crippen LogP contribution >= 0.6 is 0 Å². The van der Waals surface area contributed by atoms with E-state index in [0.717, 1.165) is 0 Å². The van der Waals surface area contributed by atoms with E-state index in [1.807, 2.05) is 4.98 Å². The molecule has 80 valence electrons. The summed E-state index contributed by atoms with van der Waals surface area (Å²) >= 11 is 0. The molecule has 0 amide bonds. The summed E-state index contributed by atoms with van der Waals surface area (Å²) < 4.78 is 46.1. The number of halogens is 1. The van der Waals surface area contributed by atoms with Crippen molar-refractivity contribution in [2.75, 3.05) is 0 Å². The van der Waals surface area contributed by atoms with Crippen LogP contribution in [-0.4, -0.2) is 27.5 Å². The van der Waals surface area contributed by atoms with E-state index in [0.29, 0.717) is 6.20 Å². The summed E-state index contributed by atoms with van der Waals surface area (Å²) in [7, 11) is -5.17. The van der Waals surface area contributed by atoms with E-state index in [9.17, 15) is 14.0 Å². The quantitative estimate of drug-likeness (QED) is 0.381. The lowest BCUT2D eigenvalue weighted by atomic mass is 10.6. The Morgan fingerprint density at radius 3 is 2.00 bits per heavy atom. The Hall–Kier alpha value is -1.52. The third kappa shape index (κ3) is 7.15. The van der Waals surface area contributed by atoms with Crippen LogP contribution in [0.1, 0.15) is 0 Å². The minimum atomic E-state index is -5.17. The number of rotatable bonds is 0. The Morgan fingerprint density at radius 2 is 1.71 bits per heavy atom. The molecule has 0 spiro atoms. The zero-order valence-corrected chi connectivity index (χ0v) is 7.13. The molecule has 0 atom stereocenters. The Kier molecular flexibility index (Phi) is 4.14. The van der Waals surface area contributed by atoms with Crippen molar-refractivity contribution in [1.82, 2.24) is 9.97 Å². The highest BCUT2D eigenvalue weighted by Crippen LogP contribution is 1.74. The summed E-state index contributed by atoms with van der Waals surface area (Å²) in [5, 5.41) is 0. The third-order valence-electron chi connectivity index (χ3n) is 0.774. The molecule has 10 heteroatoms. The third-order valence-corrected chi connectivity index (χ3v) is 0.774. The molecule has 0 unspecified atom stereocenters. The fraction of sp³-hybridized carbons (Fsp3) is 0. The molecule has 14 heavy (non-hydrogen) atoms. The molecule has 0 saturated carbocycles. The van der Waals surface area contributed by atoms with Gasteiger partial charge in [-0.1, -0.05) is 0 Å². The highest BCUT2D eigenvalue weighted by atomic mass is 32.3. The first-order chi connectivity index (χ1) is 6.20. The number of hydrogen-bond donors (Lipinski definition) is 2. The van der Waals surface area contributed by atoms with Crippen LogP contribution in [0.25, 0.3) is 0 Å². The molecule has 0 bridgehead atoms. The first kappa shape index (κ1) is 12.5. The van der Waals surface area contributed by atoms with Crippen LogP contribution in [0.5, 0.6) is 0 Å². The summed E-state index contributed by atoms with van der Waals surface area (Å²) in [6, 6.07) is 0. The van der Waals surface area contributed by atoms with E-state index < -0.39 is 27.5 Å². The normalized spacial score (nSPS) is 10.2. The molecule has 0 aliphatic heterocycles. The summed E-state index contributed by atoms with van der Waals surface area (Å²) in [5.41, 5.74) is -1.71. The molecule has 1 aromatic heterocycles. The lowest BCUT2D eigenvalue weighted by molar-refractivity contribution is 0.352. The van der Waals surface area contributed by atoms with Gasteiger partial charge in [0.25, 0.3) is 5.56 Å². The summed E-state index contributed by atoms with van der Waals surface area (Å²) in [6.07, 6.45) is 0.709. The second-order valence-corrected chi connectivity index (χ2v) is 2.64. The van der Waals surface area contributed by atoms with Crippen LogP contribution in [0.3, 0.4) is 0 Å². The van der Waals surface area contributed by atoms with Crippen molar-refractivity contribution < 1.29 is 21.9 Å². The van der Waals surface area contributed by atoms with Gasteiger partial charge < -0.3 is 14.1 Å². The van der Waals surface area contributed by atoms with Crippen LogP contribution < -0.4 is 11.2 Å². The van der Waals surface area contributed by atoms with E-state index in [1.54, 1.807) is 4.98 Å². The molecule has 0 aromatic carbocycles. The average molecular weight is 226 g/mol. The van der Waals surface area contributed by atoms with Gasteiger partial charge in [-0.3, -0.25) is 18.2 Å². The zero-order chi connectivity index (χ0) is 11.4. The highest BCUT2D eigenvalue weighted by molar-refractivity contribution is 7.79. The molecular weight excluding hydrogens is 223 g/mol. The molecule has 0 radical (unpaired) electrons. The SMILES string of the molecule is O=S(=O)([O-])[O-].O=c1[nH]cc(F)c(=O)[nH]1. The fourth-order valence-corrected chi connectivity index (χ4v) is 0.393. The first-order valence-electron chi connectivity index (χ1n) is 2.84. The van der Waals surface area contributed by atoms with Crippen LogP contribution in [0.15, 0.2) is 15.8 Å². The molecule has 0 aliphatic rings. The molecule has 0 fully saturated rings. The van der Waals surface area contributed by atoms with E-state index in [-0.39, 0.29) is 0 Å². The number of hydrogen-bond acceptors (Lipinski definition) is 6. The fourth-order valence-electron chi connectivity index (χ4n) is 0.393. The van der Waals surface area contributed by atoms with Crippen molar-refractivity contribution in [3.63, 3.8) is 0 Å². The Labute approximate surface area is 76.0 Å². The van der Waals surface area contributed by atoms with Gasteiger partial charge in [-0.05, 0) is 0 Å². The van der Waals surface area contributed by atoms with Crippen molar-refractivity contribution in [1.29, 1.82) is 0 Å². The number of aromatic nitrogens is 2. The van der Waals surface area contributed by atoms with Crippen molar-refractivity contribution in [2.45, 2.75) is 0 Å². The minimum Gasteiger partial charge on any atom is -0.759 e. The standard InChI is InChI=1S/C4H3FN2O2.H2O4S/c5-2-1-6-4(9)7-3(2)8;1-5(2,3)4/h1H,(H2,6,7,8,9);(H2,1,2,3,4)/p-2. The van der Waals surface area contributed by atoms with Crippen molar-refractivity contribution >= 4 is 10.4 Å². The van der Waals surface area contributed by atoms with Crippen LogP contribution in [0.4, 0.5) is 4.39 Å². The van der Waals surface area contributed by atoms with Gasteiger partial charge in [-0.25, -0.2) is 4.79 Å². The predicted octanol–water partition coefficient (Wildman–Crippen LogP) is -2.14. The molecule has 0 saturated heterocycles. The minimum absolute atomic E-state index is 0.707. The summed E-state index contributed by atoms with van der Waals surface area (Å²) in [6.45, 7) is 0. The molecule has 1 aromatic rings. The van der Waals surface area contributed by atoms with Gasteiger partial charge in [0, 0.05) is 16.6 Å². The Bertz CT molecular complexity index is 493. The van der Waals surface area contributed by atoms with E-state index in [2.05, 4.69) is 0 Å². The van der Waals surface area contributed by atoms with E-state index in [1.165, 1.54) is 0 Å². The maximum Gasteiger partial charge on any atom is 0.325 e. The van der Waals surface area contributed by atoms with Gasteiger partial charge in [0.05, 0.1) is 0 Å². The lowest BCUT2D eigenvalue weighted by Gasteiger charge is -2.06. The van der Waals surface area contributed by atoms with Gasteiger partial charge in [0.15, 0.2) is 0 Å². The number of nitrogens with one attached hydrogen (secondary N) is 2. The second-order valence-electron chi connectivity index (χ2n) is 1.83. The monoisotopic (exact) mass is 226 g/mol. The predicted molar refractivity (Wildman–Crippen MR) is 38.1 cm³/mol. The molecule has 2 N–H and O–H groups in total. The maximum absolute atomic E-state index is 12.0. The molecule has 8 nitrogen and oxygen atoms in total. The lowest BCUT2D eigenvalue weighted by Crippen LogP contribution is -2.23. The topological polar surface area (TPSA) is 146 Å². The first-order valence-corrected chi connectivity index (χ1v) is 4.17. The van der Waals surface area contributed by atoms with Gasteiger partial charge >= 0.3 is 5.69 Å². The smallest absolute Gasteiger partial charge is 0.325 e. The van der Waals surface area contributed by atoms with Crippen molar-refractivity contribution in [3.05, 3.63) is 32.9 Å². The molecule has 1 rings (SSSR count). The maximum atomic E-state index is 12.0. The van der Waals surface area contributed by atoms with E-state index >= 15 is 0 Å². The average Bonchev–Trinajstić information content (AvgIpc) is 1.94. The summed E-state index contributed by atoms with van der Waals surface area (Å²) in [5.74, 6) is -0.991. The van der Waals surface area contributed by atoms with Crippen LogP contribution in [0, 0.1) is 5.82 Å². The van der Waals surface area contributed by atoms with Gasteiger partial charge in [-0.2, -0.15) is 4.39 Å². The van der Waals surface area contributed by atoms with Crippen molar-refractivity contribution in [3.8, 4) is 0 Å². The van der Waals surface area contributed by atoms with E-state index in [4.69, 9.17) is 17.5 Å². The molecule has 1 heterocycles. The van der Waals surface area contributed by atoms with Crippen molar-refractivity contribution in [2.24, 2.45) is 0 Å². The van der Waals surface area contributed by atoms with Crippen LogP contribution in [-0.2, 0) is 10.4 Å². The van der Waals surface area contributed by atoms with Gasteiger partial charge in [-0.15, -0.1) is 0 Å².